The Morgan fingerprint density at radius 1 is 1.12 bits per heavy atom. The molecule has 0 radical (unpaired) electrons. The van der Waals surface area contributed by atoms with Crippen LogP contribution < -0.4 is 0 Å². The average molecular weight is 324 g/mol. The molecule has 2 rings (SSSR count). The zero-order chi connectivity index (χ0) is 17.6. The lowest BCUT2D eigenvalue weighted by Crippen LogP contribution is -2.13. The topological polar surface area (TPSA) is 12.4 Å². The van der Waals surface area contributed by atoms with E-state index < -0.39 is 0 Å². The maximum Gasteiger partial charge on any atom is 0.0645 e. The minimum Gasteiger partial charge on any atom is -0.288 e. The molecule has 1 fully saturated rings. The van der Waals surface area contributed by atoms with Gasteiger partial charge in [-0.15, -0.1) is 0 Å². The lowest BCUT2D eigenvalue weighted by Gasteiger charge is -2.25. The molecule has 1 aliphatic carbocycles. The van der Waals surface area contributed by atoms with Crippen molar-refractivity contribution in [2.45, 2.75) is 59.8 Å². The van der Waals surface area contributed by atoms with Gasteiger partial charge in [0.2, 0.25) is 0 Å². The van der Waals surface area contributed by atoms with Crippen molar-refractivity contribution in [3.8, 4) is 0 Å². The van der Waals surface area contributed by atoms with Crippen molar-refractivity contribution < 1.29 is 0 Å². The van der Waals surface area contributed by atoms with Crippen LogP contribution in [0.2, 0.25) is 0 Å². The molecule has 0 aromatic heterocycles. The highest BCUT2D eigenvalue weighted by atomic mass is 14.7. The van der Waals surface area contributed by atoms with E-state index in [2.05, 4.69) is 75.2 Å². The lowest BCUT2D eigenvalue weighted by atomic mass is 9.80. The van der Waals surface area contributed by atoms with Crippen LogP contribution in [0, 0.1) is 11.3 Å². The van der Waals surface area contributed by atoms with Crippen LogP contribution in [-0.2, 0) is 0 Å². The summed E-state index contributed by atoms with van der Waals surface area (Å²) in [6.07, 6.45) is 11.2. The number of benzene rings is 1. The Balaban J connectivity index is 2.40. The van der Waals surface area contributed by atoms with E-state index in [0.717, 1.165) is 18.1 Å². The molecule has 1 aromatic carbocycles. The second-order valence-electron chi connectivity index (χ2n) is 8.11. The monoisotopic (exact) mass is 323 g/mol. The molecule has 130 valence electrons. The molecule has 1 nitrogen and oxygen atoms in total. The summed E-state index contributed by atoms with van der Waals surface area (Å²) in [7, 11) is 1.90. The quantitative estimate of drug-likeness (QED) is 0.427. The van der Waals surface area contributed by atoms with Crippen molar-refractivity contribution in [2.75, 3.05) is 7.05 Å². The van der Waals surface area contributed by atoms with Crippen LogP contribution in [0.4, 0.5) is 0 Å². The Bertz CT molecular complexity index is 605. The van der Waals surface area contributed by atoms with Gasteiger partial charge in [0.1, 0.15) is 0 Å². The number of hydrogen-bond acceptors (Lipinski definition) is 1. The van der Waals surface area contributed by atoms with Gasteiger partial charge in [0.15, 0.2) is 0 Å². The van der Waals surface area contributed by atoms with E-state index in [-0.39, 0.29) is 5.41 Å². The number of nitrogens with zero attached hydrogens (tertiary/aromatic N) is 1. The predicted molar refractivity (Wildman–Crippen MR) is 107 cm³/mol. The molecule has 0 bridgehead atoms. The van der Waals surface area contributed by atoms with E-state index in [0.29, 0.717) is 0 Å². The fourth-order valence-electron chi connectivity index (χ4n) is 3.78. The summed E-state index contributed by atoms with van der Waals surface area (Å²) in [6, 6.07) is 10.5. The summed E-state index contributed by atoms with van der Waals surface area (Å²) in [4.78, 5) is 4.58. The largest absolute Gasteiger partial charge is 0.288 e. The third-order valence-electron chi connectivity index (χ3n) is 4.82. The summed E-state index contributed by atoms with van der Waals surface area (Å²) in [5.41, 5.74) is 5.59. The minimum absolute atomic E-state index is 0.272. The van der Waals surface area contributed by atoms with Crippen molar-refractivity contribution in [3.05, 3.63) is 59.2 Å². The predicted octanol–water partition coefficient (Wildman–Crippen LogP) is 6.60. The van der Waals surface area contributed by atoms with Crippen LogP contribution >= 0.6 is 0 Å². The number of allylic oxidation sites excluding steroid dienone is 4. The summed E-state index contributed by atoms with van der Waals surface area (Å²) in [5.74, 6) is 0.734. The molecule has 0 amide bonds. The first-order valence-corrected chi connectivity index (χ1v) is 9.34. The van der Waals surface area contributed by atoms with Crippen LogP contribution in [0.3, 0.4) is 0 Å². The van der Waals surface area contributed by atoms with E-state index in [4.69, 9.17) is 0 Å². The van der Waals surface area contributed by atoms with Gasteiger partial charge >= 0.3 is 0 Å². The summed E-state index contributed by atoms with van der Waals surface area (Å²) in [5, 5.41) is 0. The zero-order valence-electron chi connectivity index (χ0n) is 16.1. The molecular formula is C23H33N. The molecule has 24 heavy (non-hydrogen) atoms. The highest BCUT2D eigenvalue weighted by Gasteiger charge is 2.24. The third kappa shape index (κ3) is 5.19. The molecule has 0 saturated heterocycles. The number of hydrogen-bond donors (Lipinski definition) is 0. The Hall–Kier alpha value is -1.63. The van der Waals surface area contributed by atoms with Gasteiger partial charge in [-0.3, -0.25) is 4.99 Å². The molecule has 1 aromatic rings. The molecule has 0 heterocycles. The molecule has 0 unspecified atom stereocenters. The highest BCUT2D eigenvalue weighted by Crippen LogP contribution is 2.39. The molecule has 0 N–H and O–H groups in total. The minimum atomic E-state index is 0.272. The van der Waals surface area contributed by atoms with Crippen LogP contribution in [0.15, 0.2) is 58.6 Å². The Morgan fingerprint density at radius 2 is 1.75 bits per heavy atom. The zero-order valence-corrected chi connectivity index (χ0v) is 16.1. The number of rotatable bonds is 5. The van der Waals surface area contributed by atoms with Crippen molar-refractivity contribution >= 4 is 5.71 Å². The fraction of sp³-hybridized carbons (Fsp3) is 0.522. The second-order valence-corrected chi connectivity index (χ2v) is 8.11. The first-order chi connectivity index (χ1) is 11.4. The molecular weight excluding hydrogens is 290 g/mol. The first-order valence-electron chi connectivity index (χ1n) is 9.34. The molecule has 1 aliphatic rings. The maximum atomic E-state index is 4.58. The van der Waals surface area contributed by atoms with Gasteiger partial charge < -0.3 is 0 Å². The van der Waals surface area contributed by atoms with E-state index in [1.165, 1.54) is 36.8 Å². The van der Waals surface area contributed by atoms with E-state index >= 15 is 0 Å². The normalized spacial score (nSPS) is 18.3. The van der Waals surface area contributed by atoms with Crippen molar-refractivity contribution in [2.24, 2.45) is 16.3 Å². The molecule has 0 aliphatic heterocycles. The van der Waals surface area contributed by atoms with Crippen LogP contribution in [0.1, 0.15) is 65.4 Å². The van der Waals surface area contributed by atoms with Gasteiger partial charge in [-0.1, -0.05) is 70.0 Å². The molecule has 0 spiro atoms. The van der Waals surface area contributed by atoms with E-state index in [1.807, 2.05) is 7.05 Å². The van der Waals surface area contributed by atoms with Gasteiger partial charge in [0.25, 0.3) is 0 Å². The van der Waals surface area contributed by atoms with E-state index in [1.54, 1.807) is 5.57 Å². The van der Waals surface area contributed by atoms with Crippen molar-refractivity contribution in [1.29, 1.82) is 0 Å². The summed E-state index contributed by atoms with van der Waals surface area (Å²) >= 11 is 0. The fourth-order valence-corrected chi connectivity index (χ4v) is 3.78. The first kappa shape index (κ1) is 18.7. The van der Waals surface area contributed by atoms with Crippen molar-refractivity contribution in [1.82, 2.24) is 0 Å². The van der Waals surface area contributed by atoms with Gasteiger partial charge in [0.05, 0.1) is 5.71 Å². The Labute approximate surface area is 148 Å². The van der Waals surface area contributed by atoms with Gasteiger partial charge in [-0.25, -0.2) is 0 Å². The maximum absolute atomic E-state index is 4.58. The Kier molecular flexibility index (Phi) is 6.60. The second kappa shape index (κ2) is 8.46. The van der Waals surface area contributed by atoms with Crippen molar-refractivity contribution in [3.63, 3.8) is 0 Å². The number of aliphatic imine (C=N–C) groups is 1. The van der Waals surface area contributed by atoms with Gasteiger partial charge in [-0.05, 0) is 60.3 Å². The molecule has 0 atom stereocenters. The lowest BCUT2D eigenvalue weighted by molar-refractivity contribution is 0.407. The third-order valence-corrected chi connectivity index (χ3v) is 4.82. The SMILES string of the molecule is C/C=C(\C(=C/C(=NC)c1ccccc1)CC(C)(C)C)C1CCCC1. The van der Waals surface area contributed by atoms with Crippen LogP contribution in [0.25, 0.3) is 0 Å². The average Bonchev–Trinajstić information content (AvgIpc) is 3.06. The van der Waals surface area contributed by atoms with Crippen LogP contribution in [0.5, 0.6) is 0 Å². The van der Waals surface area contributed by atoms with E-state index in [9.17, 15) is 0 Å². The van der Waals surface area contributed by atoms with Gasteiger partial charge in [-0.2, -0.15) is 0 Å². The highest BCUT2D eigenvalue weighted by molar-refractivity contribution is 6.09. The van der Waals surface area contributed by atoms with Gasteiger partial charge in [0, 0.05) is 7.05 Å². The smallest absolute Gasteiger partial charge is 0.0645 e. The molecule has 1 saturated carbocycles. The summed E-state index contributed by atoms with van der Waals surface area (Å²) in [6.45, 7) is 9.19. The summed E-state index contributed by atoms with van der Waals surface area (Å²) < 4.78 is 0. The Morgan fingerprint density at radius 3 is 2.25 bits per heavy atom. The molecule has 1 heteroatoms. The van der Waals surface area contributed by atoms with Crippen LogP contribution in [-0.4, -0.2) is 12.8 Å². The standard InChI is InChI=1S/C23H33N/c1-6-21(18-12-10-11-13-18)20(17-23(2,3)4)16-22(24-5)19-14-8-7-9-15-19/h6-9,14-16,18H,10-13,17H2,1-5H3/b20-16-,21-6-,24-22?.